The normalized spacial score (nSPS) is 10.2. The fourth-order valence-electron chi connectivity index (χ4n) is 0.990. The molecule has 0 bridgehead atoms. The molecule has 0 amide bonds. The number of nitrogens with one attached hydrogen (secondary N) is 1. The predicted octanol–water partition coefficient (Wildman–Crippen LogP) is 0.709. The molecule has 3 N–H and O–H groups in total. The smallest absolute Gasteiger partial charge is 0.0970 e. The predicted molar refractivity (Wildman–Crippen MR) is 53.2 cm³/mol. The Balaban J connectivity index is 2.07. The number of nitrogens with two attached hydrogens (primary N) is 1. The van der Waals surface area contributed by atoms with Crippen LogP contribution in [0.1, 0.15) is 5.56 Å². The summed E-state index contributed by atoms with van der Waals surface area (Å²) in [5.74, 6) is 0. The maximum absolute atomic E-state index is 5.36. The van der Waals surface area contributed by atoms with Gasteiger partial charge in [0.1, 0.15) is 0 Å². The SMILES string of the molecule is NCCNCOCc1ccccc1. The van der Waals surface area contributed by atoms with Gasteiger partial charge >= 0.3 is 0 Å². The van der Waals surface area contributed by atoms with Crippen molar-refractivity contribution in [1.82, 2.24) is 5.32 Å². The lowest BCUT2D eigenvalue weighted by Crippen LogP contribution is -2.24. The zero-order chi connectivity index (χ0) is 9.36. The van der Waals surface area contributed by atoms with Gasteiger partial charge < -0.3 is 10.5 Å². The Kier molecular flexibility index (Phi) is 5.17. The number of hydrogen-bond donors (Lipinski definition) is 2. The molecule has 3 heteroatoms. The fourth-order valence-corrected chi connectivity index (χ4v) is 0.990. The Morgan fingerprint density at radius 1 is 1.23 bits per heavy atom. The molecular formula is C10H16N2O. The first-order chi connectivity index (χ1) is 6.43. The summed E-state index contributed by atoms with van der Waals surface area (Å²) in [4.78, 5) is 0. The Morgan fingerprint density at radius 2 is 2.00 bits per heavy atom. The maximum atomic E-state index is 5.36. The van der Waals surface area contributed by atoms with Gasteiger partial charge in [0, 0.05) is 13.1 Å². The maximum Gasteiger partial charge on any atom is 0.0970 e. The van der Waals surface area contributed by atoms with Gasteiger partial charge in [-0.2, -0.15) is 0 Å². The highest BCUT2D eigenvalue weighted by atomic mass is 16.5. The van der Waals surface area contributed by atoms with E-state index in [-0.39, 0.29) is 0 Å². The Bertz CT molecular complexity index is 213. The van der Waals surface area contributed by atoms with Gasteiger partial charge in [-0.25, -0.2) is 0 Å². The van der Waals surface area contributed by atoms with Crippen LogP contribution in [-0.2, 0) is 11.3 Å². The first kappa shape index (κ1) is 10.2. The van der Waals surface area contributed by atoms with Gasteiger partial charge in [-0.15, -0.1) is 0 Å². The van der Waals surface area contributed by atoms with Crippen LogP contribution in [0.5, 0.6) is 0 Å². The van der Waals surface area contributed by atoms with E-state index in [9.17, 15) is 0 Å². The lowest BCUT2D eigenvalue weighted by atomic mass is 10.2. The molecule has 0 aliphatic rings. The number of hydrogen-bond acceptors (Lipinski definition) is 3. The molecule has 0 fully saturated rings. The van der Waals surface area contributed by atoms with Crippen molar-refractivity contribution in [2.24, 2.45) is 5.73 Å². The topological polar surface area (TPSA) is 47.3 Å². The highest BCUT2D eigenvalue weighted by molar-refractivity contribution is 5.13. The van der Waals surface area contributed by atoms with E-state index < -0.39 is 0 Å². The van der Waals surface area contributed by atoms with E-state index in [4.69, 9.17) is 10.5 Å². The average molecular weight is 180 g/mol. The number of ether oxygens (including phenoxy) is 1. The third-order valence-corrected chi connectivity index (χ3v) is 1.64. The van der Waals surface area contributed by atoms with Crippen molar-refractivity contribution in [3.8, 4) is 0 Å². The molecule has 72 valence electrons. The molecule has 3 nitrogen and oxygen atoms in total. The van der Waals surface area contributed by atoms with Gasteiger partial charge in [0.05, 0.1) is 13.3 Å². The van der Waals surface area contributed by atoms with Gasteiger partial charge in [-0.3, -0.25) is 5.32 Å². The quantitative estimate of drug-likeness (QED) is 0.500. The van der Waals surface area contributed by atoms with Gasteiger partial charge in [0.25, 0.3) is 0 Å². The molecule has 0 aliphatic heterocycles. The lowest BCUT2D eigenvalue weighted by molar-refractivity contribution is 0.104. The third-order valence-electron chi connectivity index (χ3n) is 1.64. The van der Waals surface area contributed by atoms with E-state index in [0.29, 0.717) is 19.9 Å². The molecular weight excluding hydrogens is 164 g/mol. The van der Waals surface area contributed by atoms with Crippen LogP contribution >= 0.6 is 0 Å². The monoisotopic (exact) mass is 180 g/mol. The van der Waals surface area contributed by atoms with Gasteiger partial charge in [0.15, 0.2) is 0 Å². The van der Waals surface area contributed by atoms with Gasteiger partial charge in [-0.05, 0) is 5.56 Å². The van der Waals surface area contributed by atoms with E-state index in [1.807, 2.05) is 30.3 Å². The third kappa shape index (κ3) is 4.62. The van der Waals surface area contributed by atoms with Crippen LogP contribution in [0.25, 0.3) is 0 Å². The minimum Gasteiger partial charge on any atom is -0.362 e. The second-order valence-corrected chi connectivity index (χ2v) is 2.77. The van der Waals surface area contributed by atoms with Crippen LogP contribution in [-0.4, -0.2) is 19.8 Å². The minimum atomic E-state index is 0.562. The molecule has 0 aromatic heterocycles. The van der Waals surface area contributed by atoms with E-state index in [1.165, 1.54) is 5.56 Å². The largest absolute Gasteiger partial charge is 0.362 e. The lowest BCUT2D eigenvalue weighted by Gasteiger charge is -2.04. The van der Waals surface area contributed by atoms with Crippen LogP contribution < -0.4 is 11.1 Å². The van der Waals surface area contributed by atoms with Crippen LogP contribution in [0.3, 0.4) is 0 Å². The molecule has 0 atom stereocenters. The van der Waals surface area contributed by atoms with Gasteiger partial charge in [-0.1, -0.05) is 30.3 Å². The second-order valence-electron chi connectivity index (χ2n) is 2.77. The summed E-state index contributed by atoms with van der Waals surface area (Å²) in [7, 11) is 0. The van der Waals surface area contributed by atoms with Crippen LogP contribution in [0, 0.1) is 0 Å². The van der Waals surface area contributed by atoms with Crippen molar-refractivity contribution in [2.45, 2.75) is 6.61 Å². The zero-order valence-corrected chi connectivity index (χ0v) is 7.70. The Morgan fingerprint density at radius 3 is 2.69 bits per heavy atom. The summed E-state index contributed by atoms with van der Waals surface area (Å²) in [6.07, 6.45) is 0. The van der Waals surface area contributed by atoms with E-state index in [1.54, 1.807) is 0 Å². The molecule has 0 spiro atoms. The molecule has 0 heterocycles. The highest BCUT2D eigenvalue weighted by Gasteiger charge is 1.89. The van der Waals surface area contributed by atoms with E-state index in [2.05, 4.69) is 5.32 Å². The van der Waals surface area contributed by atoms with E-state index >= 15 is 0 Å². The molecule has 1 aromatic carbocycles. The fraction of sp³-hybridized carbons (Fsp3) is 0.400. The standard InChI is InChI=1S/C10H16N2O/c11-6-7-12-9-13-8-10-4-2-1-3-5-10/h1-5,12H,6-9,11H2. The molecule has 1 rings (SSSR count). The Labute approximate surface area is 78.9 Å². The van der Waals surface area contributed by atoms with Crippen LogP contribution in [0.15, 0.2) is 30.3 Å². The molecule has 0 unspecified atom stereocenters. The molecule has 0 radical (unpaired) electrons. The first-order valence-corrected chi connectivity index (χ1v) is 4.46. The number of benzene rings is 1. The average Bonchev–Trinajstić information content (AvgIpc) is 2.19. The molecule has 0 saturated carbocycles. The van der Waals surface area contributed by atoms with Crippen molar-refractivity contribution in [2.75, 3.05) is 19.8 Å². The molecule has 0 aliphatic carbocycles. The summed E-state index contributed by atoms with van der Waals surface area (Å²) in [6.45, 7) is 2.66. The van der Waals surface area contributed by atoms with Crippen molar-refractivity contribution in [3.63, 3.8) is 0 Å². The molecule has 0 saturated heterocycles. The number of rotatable bonds is 6. The molecule has 1 aromatic rings. The highest BCUT2D eigenvalue weighted by Crippen LogP contribution is 1.99. The van der Waals surface area contributed by atoms with Crippen molar-refractivity contribution >= 4 is 0 Å². The van der Waals surface area contributed by atoms with Crippen LogP contribution in [0.4, 0.5) is 0 Å². The van der Waals surface area contributed by atoms with E-state index in [0.717, 1.165) is 6.54 Å². The van der Waals surface area contributed by atoms with Gasteiger partial charge in [0.2, 0.25) is 0 Å². The Hall–Kier alpha value is -0.900. The summed E-state index contributed by atoms with van der Waals surface area (Å²) in [5.41, 5.74) is 6.50. The first-order valence-electron chi connectivity index (χ1n) is 4.46. The summed E-state index contributed by atoms with van der Waals surface area (Å²) < 4.78 is 5.36. The summed E-state index contributed by atoms with van der Waals surface area (Å²) in [6, 6.07) is 10.1. The molecule has 13 heavy (non-hydrogen) atoms. The second kappa shape index (κ2) is 6.60. The van der Waals surface area contributed by atoms with Crippen molar-refractivity contribution < 1.29 is 4.74 Å². The zero-order valence-electron chi connectivity index (χ0n) is 7.70. The summed E-state index contributed by atoms with van der Waals surface area (Å²) in [5, 5.41) is 3.06. The summed E-state index contributed by atoms with van der Waals surface area (Å²) >= 11 is 0. The van der Waals surface area contributed by atoms with Crippen molar-refractivity contribution in [3.05, 3.63) is 35.9 Å². The minimum absolute atomic E-state index is 0.562. The van der Waals surface area contributed by atoms with Crippen LogP contribution in [0.2, 0.25) is 0 Å². The van der Waals surface area contributed by atoms with Crippen molar-refractivity contribution in [1.29, 1.82) is 0 Å².